The van der Waals surface area contributed by atoms with Gasteiger partial charge in [0, 0.05) is 33.6 Å². The van der Waals surface area contributed by atoms with Crippen LogP contribution in [0, 0.1) is 20.2 Å². The topological polar surface area (TPSA) is 262 Å². The number of Topliss-reactive ketones (excluding diaryl/α,β-unsaturated/α-hetero) is 2. The van der Waals surface area contributed by atoms with Gasteiger partial charge in [0.1, 0.15) is 0 Å². The van der Waals surface area contributed by atoms with Crippen LogP contribution >= 0.6 is 23.2 Å². The zero-order chi connectivity index (χ0) is 39.0. The SMILES string of the molecule is CC(=O)C(N=Nc1ccc(Cl)cc1[N+](=O)[O-])C(=O)Nc1ccc(S(=O)(=O)c2ccc(NC(=O)C(N=Nc3ccc(Cl)cc3[N+](=O)[O-])C(C)=O)cc2)cc1. The van der Waals surface area contributed by atoms with Gasteiger partial charge in [-0.25, -0.2) is 8.42 Å². The van der Waals surface area contributed by atoms with Crippen LogP contribution in [0.1, 0.15) is 13.8 Å². The molecule has 272 valence electrons. The molecule has 0 fully saturated rings. The Labute approximate surface area is 309 Å². The molecule has 2 unspecified atom stereocenters. The zero-order valence-corrected chi connectivity index (χ0v) is 29.5. The Morgan fingerprint density at radius 3 is 1.26 bits per heavy atom. The smallest absolute Gasteiger partial charge is 0.298 e. The Balaban J connectivity index is 1.44. The number of nitrogens with zero attached hydrogens (tertiary/aromatic N) is 6. The summed E-state index contributed by atoms with van der Waals surface area (Å²) in [6.45, 7) is 2.13. The van der Waals surface area contributed by atoms with Gasteiger partial charge in [0.15, 0.2) is 22.9 Å². The third-order valence-electron chi connectivity index (χ3n) is 6.96. The Hall–Kier alpha value is -6.31. The molecule has 4 rings (SSSR count). The number of azo groups is 2. The molecular formula is C32H24Cl2N8O10S. The largest absolute Gasteiger partial charge is 0.324 e. The molecule has 0 bridgehead atoms. The number of rotatable bonds is 14. The number of hydrogen-bond donors (Lipinski definition) is 2. The summed E-state index contributed by atoms with van der Waals surface area (Å²) in [4.78, 5) is 70.8. The Kier molecular flexibility index (Phi) is 12.5. The molecule has 18 nitrogen and oxygen atoms in total. The molecule has 0 radical (unpaired) electrons. The van der Waals surface area contributed by atoms with E-state index < -0.39 is 66.5 Å². The van der Waals surface area contributed by atoms with Gasteiger partial charge in [-0.3, -0.25) is 39.4 Å². The molecule has 2 N–H and O–H groups in total. The van der Waals surface area contributed by atoms with Crippen molar-refractivity contribution in [3.05, 3.63) is 115 Å². The highest BCUT2D eigenvalue weighted by Crippen LogP contribution is 2.32. The van der Waals surface area contributed by atoms with Gasteiger partial charge < -0.3 is 10.6 Å². The normalized spacial score (nSPS) is 12.6. The van der Waals surface area contributed by atoms with Crippen molar-refractivity contribution >= 4 is 90.5 Å². The number of benzene rings is 4. The predicted octanol–water partition coefficient (Wildman–Crippen LogP) is 7.00. The van der Waals surface area contributed by atoms with Gasteiger partial charge in [0.05, 0.1) is 19.6 Å². The first-order valence-corrected chi connectivity index (χ1v) is 17.0. The summed E-state index contributed by atoms with van der Waals surface area (Å²) in [5.74, 6) is -3.34. The van der Waals surface area contributed by atoms with Gasteiger partial charge in [0.2, 0.25) is 21.9 Å². The van der Waals surface area contributed by atoms with Crippen LogP contribution in [0.3, 0.4) is 0 Å². The lowest BCUT2D eigenvalue weighted by molar-refractivity contribution is -0.384. The minimum absolute atomic E-state index is 0.0667. The van der Waals surface area contributed by atoms with Gasteiger partial charge in [0.25, 0.3) is 23.2 Å². The van der Waals surface area contributed by atoms with Crippen LogP contribution in [0.2, 0.25) is 10.0 Å². The van der Waals surface area contributed by atoms with Crippen LogP contribution in [0.4, 0.5) is 34.1 Å². The summed E-state index contributed by atoms with van der Waals surface area (Å²) in [7, 11) is -4.13. The number of nitro benzene ring substituents is 2. The highest BCUT2D eigenvalue weighted by atomic mass is 35.5. The van der Waals surface area contributed by atoms with E-state index in [0.29, 0.717) is 0 Å². The molecule has 53 heavy (non-hydrogen) atoms. The molecule has 0 aliphatic carbocycles. The van der Waals surface area contributed by atoms with Gasteiger partial charge in [-0.1, -0.05) is 23.2 Å². The predicted molar refractivity (Wildman–Crippen MR) is 190 cm³/mol. The van der Waals surface area contributed by atoms with Crippen molar-refractivity contribution < 1.29 is 37.4 Å². The lowest BCUT2D eigenvalue weighted by atomic mass is 10.2. The van der Waals surface area contributed by atoms with E-state index in [9.17, 15) is 47.8 Å². The van der Waals surface area contributed by atoms with Gasteiger partial charge >= 0.3 is 0 Å². The Bertz CT molecular complexity index is 2150. The maximum atomic E-state index is 13.3. The third kappa shape index (κ3) is 9.94. The monoisotopic (exact) mass is 782 g/mol. The van der Waals surface area contributed by atoms with Gasteiger partial charge in [-0.15, -0.1) is 10.2 Å². The summed E-state index contributed by atoms with van der Waals surface area (Å²) < 4.78 is 26.6. The number of amides is 2. The van der Waals surface area contributed by atoms with Crippen molar-refractivity contribution in [1.29, 1.82) is 0 Å². The van der Waals surface area contributed by atoms with Crippen molar-refractivity contribution in [3.8, 4) is 0 Å². The molecule has 2 amide bonds. The standard InChI is InChI=1S/C32H24Cl2N8O10S/c1-17(43)29(39-37-25-13-3-19(33)15-27(25)41(47)48)31(45)35-21-5-9-23(10-6-21)53(51,52)24-11-7-22(8-12-24)36-32(46)30(18(2)44)40-38-26-14-4-20(34)16-28(26)42(49)50/h3-16,29-30H,1-2H3,(H,35,45)(H,36,46). The van der Waals surface area contributed by atoms with Crippen molar-refractivity contribution in [1.82, 2.24) is 0 Å². The molecule has 4 aromatic rings. The molecule has 2 atom stereocenters. The fraction of sp³-hybridized carbons (Fsp3) is 0.125. The van der Waals surface area contributed by atoms with E-state index in [-0.39, 0.29) is 42.6 Å². The maximum Gasteiger partial charge on any atom is 0.298 e. The second-order valence-corrected chi connectivity index (χ2v) is 13.6. The van der Waals surface area contributed by atoms with E-state index in [1.165, 1.54) is 72.8 Å². The quantitative estimate of drug-likeness (QED) is 0.0572. The fourth-order valence-electron chi connectivity index (χ4n) is 4.32. The maximum absolute atomic E-state index is 13.3. The van der Waals surface area contributed by atoms with Crippen LogP contribution in [0.25, 0.3) is 0 Å². The van der Waals surface area contributed by atoms with Crippen LogP contribution < -0.4 is 10.6 Å². The number of nitrogens with one attached hydrogen (secondary N) is 2. The first-order valence-electron chi connectivity index (χ1n) is 14.8. The second-order valence-electron chi connectivity index (χ2n) is 10.8. The van der Waals surface area contributed by atoms with Gasteiger partial charge in [-0.2, -0.15) is 10.2 Å². The zero-order valence-electron chi connectivity index (χ0n) is 27.2. The summed E-state index contributed by atoms with van der Waals surface area (Å²) in [5, 5.41) is 42.3. The number of carbonyl (C=O) groups is 4. The second kappa shape index (κ2) is 16.8. The minimum atomic E-state index is -4.13. The first kappa shape index (κ1) is 39.5. The molecule has 0 aromatic heterocycles. The lowest BCUT2D eigenvalue weighted by Gasteiger charge is -2.11. The number of carbonyl (C=O) groups excluding carboxylic acids is 4. The molecular weight excluding hydrogens is 759 g/mol. The number of anilines is 2. The Morgan fingerprint density at radius 2 is 0.962 bits per heavy atom. The van der Waals surface area contributed by atoms with Crippen LogP contribution in [0.15, 0.2) is 115 Å². The van der Waals surface area contributed by atoms with Crippen molar-refractivity contribution in [3.63, 3.8) is 0 Å². The van der Waals surface area contributed by atoms with E-state index in [4.69, 9.17) is 23.2 Å². The molecule has 0 saturated heterocycles. The average molecular weight is 784 g/mol. The summed E-state index contributed by atoms with van der Waals surface area (Å²) in [5.41, 5.74) is -1.29. The lowest BCUT2D eigenvalue weighted by Crippen LogP contribution is -2.31. The van der Waals surface area contributed by atoms with Gasteiger partial charge in [-0.05, 0) is 86.6 Å². The molecule has 0 aliphatic rings. The Morgan fingerprint density at radius 1 is 0.623 bits per heavy atom. The fourth-order valence-corrected chi connectivity index (χ4v) is 5.92. The number of hydrogen-bond acceptors (Lipinski definition) is 14. The van der Waals surface area contributed by atoms with Crippen LogP contribution in [0.5, 0.6) is 0 Å². The van der Waals surface area contributed by atoms with E-state index in [2.05, 4.69) is 31.1 Å². The van der Waals surface area contributed by atoms with E-state index >= 15 is 0 Å². The van der Waals surface area contributed by atoms with E-state index in [1.807, 2.05) is 0 Å². The average Bonchev–Trinajstić information content (AvgIpc) is 3.09. The highest BCUT2D eigenvalue weighted by Gasteiger charge is 2.26. The molecule has 4 aromatic carbocycles. The molecule has 0 aliphatic heterocycles. The number of sulfone groups is 1. The minimum Gasteiger partial charge on any atom is -0.324 e. The molecule has 0 spiro atoms. The molecule has 0 saturated carbocycles. The summed E-state index contributed by atoms with van der Waals surface area (Å²) in [6.07, 6.45) is 0. The van der Waals surface area contributed by atoms with Crippen molar-refractivity contribution in [2.24, 2.45) is 20.5 Å². The van der Waals surface area contributed by atoms with Crippen LogP contribution in [-0.2, 0) is 29.0 Å². The first-order chi connectivity index (χ1) is 25.0. The van der Waals surface area contributed by atoms with Crippen LogP contribution in [-0.4, -0.2) is 53.7 Å². The number of nitro groups is 2. The summed E-state index contributed by atoms with van der Waals surface area (Å²) in [6, 6.07) is 13.5. The van der Waals surface area contributed by atoms with Crippen molar-refractivity contribution in [2.75, 3.05) is 10.6 Å². The van der Waals surface area contributed by atoms with E-state index in [0.717, 1.165) is 26.0 Å². The van der Waals surface area contributed by atoms with Crippen molar-refractivity contribution in [2.45, 2.75) is 35.7 Å². The highest BCUT2D eigenvalue weighted by molar-refractivity contribution is 7.91. The molecule has 0 heterocycles. The third-order valence-corrected chi connectivity index (χ3v) is 9.22. The summed E-state index contributed by atoms with van der Waals surface area (Å²) >= 11 is 11.6. The number of ketones is 2. The molecule has 21 heteroatoms. The number of halogens is 2. The van der Waals surface area contributed by atoms with E-state index in [1.54, 1.807) is 0 Å².